The molecule has 0 aliphatic carbocycles. The number of nitrogens with zero attached hydrogens (tertiary/aromatic N) is 6. The first kappa shape index (κ1) is 32.0. The summed E-state index contributed by atoms with van der Waals surface area (Å²) >= 11 is 0. The molecule has 0 N–H and O–H groups in total. The van der Waals surface area contributed by atoms with Crippen LogP contribution in [0.25, 0.3) is 101 Å². The summed E-state index contributed by atoms with van der Waals surface area (Å²) in [5, 5.41) is 0.830. The number of hydrogen-bond acceptors (Lipinski definition) is 7. The van der Waals surface area contributed by atoms with Gasteiger partial charge in [-0.2, -0.15) is 0 Å². The Kier molecular flexibility index (Phi) is 8.00. The number of rotatable bonds is 7. The van der Waals surface area contributed by atoms with E-state index in [1.54, 1.807) is 0 Å². The molecule has 0 saturated heterocycles. The van der Waals surface area contributed by atoms with E-state index in [0.29, 0.717) is 45.8 Å². The third-order valence-electron chi connectivity index (χ3n) is 9.62. The lowest BCUT2D eigenvalue weighted by Gasteiger charge is -2.10. The summed E-state index contributed by atoms with van der Waals surface area (Å²) in [6, 6.07) is 59.0. The Hall–Kier alpha value is -7.64. The second-order valence-corrected chi connectivity index (χ2v) is 13.2. The van der Waals surface area contributed by atoms with E-state index in [4.69, 9.17) is 34.3 Å². The Balaban J connectivity index is 1.08. The molecule has 10 aromatic rings. The van der Waals surface area contributed by atoms with Crippen LogP contribution in [0.15, 0.2) is 187 Å². The molecule has 6 aromatic carbocycles. The predicted molar refractivity (Wildman–Crippen MR) is 219 cm³/mol. The monoisotopic (exact) mass is 706 g/mol. The molecule has 0 unspecified atom stereocenters. The van der Waals surface area contributed by atoms with Gasteiger partial charge in [0.25, 0.3) is 0 Å². The molecular formula is C48H30N6O. The lowest BCUT2D eigenvalue weighted by molar-refractivity contribution is 0.653. The van der Waals surface area contributed by atoms with E-state index in [1.807, 2.05) is 140 Å². The Labute approximate surface area is 316 Å². The van der Waals surface area contributed by atoms with E-state index in [9.17, 15) is 0 Å². The topological polar surface area (TPSA) is 90.5 Å². The highest BCUT2D eigenvalue weighted by atomic mass is 16.3. The highest BCUT2D eigenvalue weighted by Gasteiger charge is 2.20. The lowest BCUT2D eigenvalue weighted by Crippen LogP contribution is -2.00. The number of furan rings is 1. The van der Waals surface area contributed by atoms with Crippen LogP contribution < -0.4 is 0 Å². The van der Waals surface area contributed by atoms with Gasteiger partial charge in [-0.05, 0) is 28.8 Å². The molecule has 0 spiro atoms. The van der Waals surface area contributed by atoms with Crippen molar-refractivity contribution in [3.63, 3.8) is 0 Å². The molecule has 10 rings (SSSR count). The Morgan fingerprint density at radius 3 is 1.38 bits per heavy atom. The van der Waals surface area contributed by atoms with Crippen molar-refractivity contribution in [2.45, 2.75) is 0 Å². The summed E-state index contributed by atoms with van der Waals surface area (Å²) in [7, 11) is 0. The van der Waals surface area contributed by atoms with Crippen LogP contribution in [0.1, 0.15) is 0 Å². The average molecular weight is 707 g/mol. The van der Waals surface area contributed by atoms with Crippen molar-refractivity contribution in [3.05, 3.63) is 182 Å². The highest BCUT2D eigenvalue weighted by Crippen LogP contribution is 2.37. The normalized spacial score (nSPS) is 11.3. The van der Waals surface area contributed by atoms with Crippen LogP contribution >= 0.6 is 0 Å². The fourth-order valence-corrected chi connectivity index (χ4v) is 6.83. The Bertz CT molecular complexity index is 2950. The molecule has 0 aliphatic heterocycles. The van der Waals surface area contributed by atoms with E-state index >= 15 is 0 Å². The highest BCUT2D eigenvalue weighted by molar-refractivity contribution is 6.07. The quantitative estimate of drug-likeness (QED) is 0.163. The molecule has 0 bridgehead atoms. The van der Waals surface area contributed by atoms with Crippen molar-refractivity contribution in [2.24, 2.45) is 0 Å². The van der Waals surface area contributed by atoms with E-state index in [0.717, 1.165) is 55.5 Å². The van der Waals surface area contributed by atoms with Crippen LogP contribution in [0.3, 0.4) is 0 Å². The number of hydrogen-bond donors (Lipinski definition) is 0. The smallest absolute Gasteiger partial charge is 0.229 e. The second-order valence-electron chi connectivity index (χ2n) is 13.2. The predicted octanol–water partition coefficient (Wildman–Crippen LogP) is 11.6. The molecule has 0 saturated carbocycles. The number of benzene rings is 6. The summed E-state index contributed by atoms with van der Waals surface area (Å²) in [4.78, 5) is 29.8. The second kappa shape index (κ2) is 13.7. The van der Waals surface area contributed by atoms with Gasteiger partial charge >= 0.3 is 0 Å². The van der Waals surface area contributed by atoms with Crippen molar-refractivity contribution >= 4 is 22.2 Å². The molecule has 4 heterocycles. The maximum Gasteiger partial charge on any atom is 0.229 e. The van der Waals surface area contributed by atoms with Gasteiger partial charge in [-0.1, -0.05) is 164 Å². The van der Waals surface area contributed by atoms with E-state index in [2.05, 4.69) is 42.5 Å². The first-order valence-corrected chi connectivity index (χ1v) is 18.0. The molecular weight excluding hydrogens is 677 g/mol. The largest absolute Gasteiger partial charge is 0.434 e. The van der Waals surface area contributed by atoms with Crippen molar-refractivity contribution in [1.82, 2.24) is 29.9 Å². The van der Waals surface area contributed by atoms with E-state index in [1.165, 1.54) is 0 Å². The fraction of sp³-hybridized carbons (Fsp3) is 0. The molecule has 0 radical (unpaired) electrons. The molecule has 7 heteroatoms. The SMILES string of the molecule is c1ccc(-c2cccc(-c3nc(-c4ccccc4)nc(-c4ccc(-c5nc(-c6ccccc6)c6oc7ncc(-c8ccccc8)cc7c6n5)cc4)n3)c2)cc1. The average Bonchev–Trinajstić information content (AvgIpc) is 3.65. The summed E-state index contributed by atoms with van der Waals surface area (Å²) in [5.74, 6) is 2.35. The van der Waals surface area contributed by atoms with E-state index in [-0.39, 0.29) is 0 Å². The molecule has 0 atom stereocenters. The zero-order valence-corrected chi connectivity index (χ0v) is 29.4. The Morgan fingerprint density at radius 1 is 0.327 bits per heavy atom. The minimum absolute atomic E-state index is 0.517. The molecule has 0 fully saturated rings. The third-order valence-corrected chi connectivity index (χ3v) is 9.62. The van der Waals surface area contributed by atoms with Gasteiger partial charge in [-0.15, -0.1) is 0 Å². The first-order chi connectivity index (χ1) is 27.2. The van der Waals surface area contributed by atoms with Crippen molar-refractivity contribution in [3.8, 4) is 79.1 Å². The minimum atomic E-state index is 0.517. The zero-order chi connectivity index (χ0) is 36.6. The summed E-state index contributed by atoms with van der Waals surface area (Å²) in [5.41, 5.74) is 11.2. The standard InChI is InChI=1S/C48H30N6O/c1-5-14-31(15-6-1)37-22-13-23-38(28-37)47-53-45(34-20-11-4-12-21-34)52-46(54-47)36-26-24-35(25-27-36)44-50-41(33-18-9-3-10-19-33)43-42(51-44)40-29-39(30-49-48(40)55-43)32-16-7-2-8-17-32/h1-30H. The van der Waals surface area contributed by atoms with Gasteiger partial charge in [-0.25, -0.2) is 29.9 Å². The molecule has 258 valence electrons. The molecule has 55 heavy (non-hydrogen) atoms. The molecule has 0 amide bonds. The van der Waals surface area contributed by atoms with Gasteiger partial charge in [-0.3, -0.25) is 0 Å². The lowest BCUT2D eigenvalue weighted by atomic mass is 10.0. The van der Waals surface area contributed by atoms with Crippen molar-refractivity contribution < 1.29 is 4.42 Å². The third kappa shape index (κ3) is 6.19. The maximum absolute atomic E-state index is 6.37. The van der Waals surface area contributed by atoms with Crippen LogP contribution in [-0.2, 0) is 0 Å². The fourth-order valence-electron chi connectivity index (χ4n) is 6.83. The first-order valence-electron chi connectivity index (χ1n) is 18.0. The van der Waals surface area contributed by atoms with Gasteiger partial charge in [0.1, 0.15) is 11.2 Å². The van der Waals surface area contributed by atoms with Gasteiger partial charge in [0, 0.05) is 39.6 Å². The Morgan fingerprint density at radius 2 is 0.782 bits per heavy atom. The minimum Gasteiger partial charge on any atom is -0.434 e. The number of pyridine rings is 1. The van der Waals surface area contributed by atoms with Crippen LogP contribution in [0.2, 0.25) is 0 Å². The molecule has 0 aliphatic rings. The summed E-state index contributed by atoms with van der Waals surface area (Å²) in [6.45, 7) is 0. The van der Waals surface area contributed by atoms with E-state index < -0.39 is 0 Å². The molecule has 4 aromatic heterocycles. The number of fused-ring (bicyclic) bond motifs is 3. The summed E-state index contributed by atoms with van der Waals surface area (Å²) < 4.78 is 6.37. The van der Waals surface area contributed by atoms with Crippen molar-refractivity contribution in [2.75, 3.05) is 0 Å². The van der Waals surface area contributed by atoms with Crippen molar-refractivity contribution in [1.29, 1.82) is 0 Å². The molecule has 7 nitrogen and oxygen atoms in total. The zero-order valence-electron chi connectivity index (χ0n) is 29.4. The maximum atomic E-state index is 6.37. The van der Waals surface area contributed by atoms with Gasteiger partial charge in [0.05, 0.1) is 5.39 Å². The van der Waals surface area contributed by atoms with Crippen LogP contribution in [-0.4, -0.2) is 29.9 Å². The van der Waals surface area contributed by atoms with Gasteiger partial charge in [0.2, 0.25) is 5.71 Å². The summed E-state index contributed by atoms with van der Waals surface area (Å²) in [6.07, 6.45) is 1.84. The van der Waals surface area contributed by atoms with Gasteiger partial charge < -0.3 is 4.42 Å². The van der Waals surface area contributed by atoms with Crippen LogP contribution in [0.5, 0.6) is 0 Å². The van der Waals surface area contributed by atoms with Crippen LogP contribution in [0, 0.1) is 0 Å². The number of aromatic nitrogens is 6. The van der Waals surface area contributed by atoms with Gasteiger partial charge in [0.15, 0.2) is 28.9 Å². The van der Waals surface area contributed by atoms with Crippen LogP contribution in [0.4, 0.5) is 0 Å².